The first kappa shape index (κ1) is 8.76. The fourth-order valence-electron chi connectivity index (χ4n) is 1.55. The van der Waals surface area contributed by atoms with E-state index in [0.29, 0.717) is 5.56 Å². The molecule has 0 saturated heterocycles. The van der Waals surface area contributed by atoms with E-state index in [4.69, 9.17) is 5.26 Å². The Kier molecular flexibility index (Phi) is 2.19. The number of fused-ring (bicyclic) bond motifs is 1. The molecule has 0 aliphatic heterocycles. The van der Waals surface area contributed by atoms with Gasteiger partial charge in [-0.1, -0.05) is 6.92 Å². The fourth-order valence-corrected chi connectivity index (χ4v) is 1.55. The van der Waals surface area contributed by atoms with Crippen LogP contribution in [0.1, 0.15) is 18.9 Å². The summed E-state index contributed by atoms with van der Waals surface area (Å²) in [5, 5.41) is 8.78. The Balaban J connectivity index is 2.59. The van der Waals surface area contributed by atoms with Crippen LogP contribution < -0.4 is 0 Å². The van der Waals surface area contributed by atoms with Gasteiger partial charge < -0.3 is 4.57 Å². The number of imidazole rings is 1. The molecule has 14 heavy (non-hydrogen) atoms. The highest BCUT2D eigenvalue weighted by Gasteiger charge is 2.02. The largest absolute Gasteiger partial charge is 0.331 e. The Morgan fingerprint density at radius 2 is 2.36 bits per heavy atom. The Hall–Kier alpha value is -1.82. The molecule has 2 aromatic rings. The summed E-state index contributed by atoms with van der Waals surface area (Å²) in [6.45, 7) is 3.07. The molecule has 70 valence electrons. The molecule has 1 aromatic carbocycles. The molecule has 0 bridgehead atoms. The maximum absolute atomic E-state index is 8.78. The van der Waals surface area contributed by atoms with Crippen molar-refractivity contribution in [2.24, 2.45) is 0 Å². The zero-order valence-electron chi connectivity index (χ0n) is 8.07. The lowest BCUT2D eigenvalue weighted by molar-refractivity contribution is 0.697. The number of rotatable bonds is 2. The van der Waals surface area contributed by atoms with Gasteiger partial charge in [-0.2, -0.15) is 5.26 Å². The summed E-state index contributed by atoms with van der Waals surface area (Å²) in [5.74, 6) is 0. The summed E-state index contributed by atoms with van der Waals surface area (Å²) in [6.07, 6.45) is 2.90. The standard InChI is InChI=1S/C11H11N3/c1-2-5-14-8-13-10-4-3-9(7-12)6-11(10)14/h3-4,6,8H,2,5H2,1H3. The van der Waals surface area contributed by atoms with E-state index in [-0.39, 0.29) is 0 Å². The van der Waals surface area contributed by atoms with Crippen molar-refractivity contribution in [1.82, 2.24) is 9.55 Å². The van der Waals surface area contributed by atoms with E-state index < -0.39 is 0 Å². The van der Waals surface area contributed by atoms with Crippen LogP contribution in [0.3, 0.4) is 0 Å². The van der Waals surface area contributed by atoms with Crippen molar-refractivity contribution in [3.63, 3.8) is 0 Å². The van der Waals surface area contributed by atoms with Gasteiger partial charge in [-0.15, -0.1) is 0 Å². The predicted molar refractivity (Wildman–Crippen MR) is 54.7 cm³/mol. The Morgan fingerprint density at radius 1 is 1.50 bits per heavy atom. The van der Waals surface area contributed by atoms with Gasteiger partial charge in [0.15, 0.2) is 0 Å². The van der Waals surface area contributed by atoms with Gasteiger partial charge in [-0.25, -0.2) is 4.98 Å². The summed E-state index contributed by atoms with van der Waals surface area (Å²) < 4.78 is 2.08. The topological polar surface area (TPSA) is 41.6 Å². The van der Waals surface area contributed by atoms with Gasteiger partial charge in [0.2, 0.25) is 0 Å². The van der Waals surface area contributed by atoms with Crippen molar-refractivity contribution in [2.75, 3.05) is 0 Å². The van der Waals surface area contributed by atoms with E-state index in [9.17, 15) is 0 Å². The number of nitriles is 1. The van der Waals surface area contributed by atoms with Crippen LogP contribution in [-0.4, -0.2) is 9.55 Å². The monoisotopic (exact) mass is 185 g/mol. The lowest BCUT2D eigenvalue weighted by atomic mass is 10.2. The van der Waals surface area contributed by atoms with Crippen LogP contribution >= 0.6 is 0 Å². The number of benzene rings is 1. The SMILES string of the molecule is CCCn1cnc2ccc(C#N)cc21. The van der Waals surface area contributed by atoms with Crippen LogP contribution in [0.25, 0.3) is 11.0 Å². The summed E-state index contributed by atoms with van der Waals surface area (Å²) in [5.41, 5.74) is 2.69. The quantitative estimate of drug-likeness (QED) is 0.720. The van der Waals surface area contributed by atoms with Crippen LogP contribution in [0.5, 0.6) is 0 Å². The zero-order valence-corrected chi connectivity index (χ0v) is 8.07. The highest BCUT2D eigenvalue weighted by atomic mass is 15.0. The zero-order chi connectivity index (χ0) is 9.97. The molecule has 0 amide bonds. The van der Waals surface area contributed by atoms with Gasteiger partial charge in [0.1, 0.15) is 0 Å². The molecule has 1 heterocycles. The molecule has 3 heteroatoms. The third-order valence-electron chi connectivity index (χ3n) is 2.21. The maximum atomic E-state index is 8.78. The summed E-state index contributed by atoms with van der Waals surface area (Å²) in [7, 11) is 0. The summed E-state index contributed by atoms with van der Waals surface area (Å²) >= 11 is 0. The van der Waals surface area contributed by atoms with Crippen LogP contribution in [0.15, 0.2) is 24.5 Å². The van der Waals surface area contributed by atoms with Crippen molar-refractivity contribution in [2.45, 2.75) is 19.9 Å². The Labute approximate surface area is 82.6 Å². The normalized spacial score (nSPS) is 10.3. The molecular formula is C11H11N3. The Bertz CT molecular complexity index is 491. The number of nitrogens with zero attached hydrogens (tertiary/aromatic N) is 3. The van der Waals surface area contributed by atoms with E-state index in [0.717, 1.165) is 24.0 Å². The second kappa shape index (κ2) is 3.51. The van der Waals surface area contributed by atoms with Gasteiger partial charge in [0.05, 0.1) is 29.0 Å². The number of hydrogen-bond donors (Lipinski definition) is 0. The smallest absolute Gasteiger partial charge is 0.0992 e. The van der Waals surface area contributed by atoms with Gasteiger partial charge in [-0.3, -0.25) is 0 Å². The second-order valence-electron chi connectivity index (χ2n) is 3.25. The average molecular weight is 185 g/mol. The molecule has 0 spiro atoms. The molecule has 0 radical (unpaired) electrons. The Morgan fingerprint density at radius 3 is 3.07 bits per heavy atom. The third kappa shape index (κ3) is 1.35. The molecule has 0 atom stereocenters. The maximum Gasteiger partial charge on any atom is 0.0992 e. The lowest BCUT2D eigenvalue weighted by Gasteiger charge is -2.00. The molecule has 0 saturated carbocycles. The number of hydrogen-bond acceptors (Lipinski definition) is 2. The minimum absolute atomic E-state index is 0.690. The molecular weight excluding hydrogens is 174 g/mol. The van der Waals surface area contributed by atoms with Crippen molar-refractivity contribution >= 4 is 11.0 Å². The highest BCUT2D eigenvalue weighted by Crippen LogP contribution is 2.14. The van der Waals surface area contributed by atoms with Crippen LogP contribution in [-0.2, 0) is 6.54 Å². The van der Waals surface area contributed by atoms with Crippen molar-refractivity contribution in [3.8, 4) is 6.07 Å². The minimum atomic E-state index is 0.690. The lowest BCUT2D eigenvalue weighted by Crippen LogP contribution is -1.93. The van der Waals surface area contributed by atoms with E-state index in [1.165, 1.54) is 0 Å². The summed E-state index contributed by atoms with van der Waals surface area (Å²) in [6, 6.07) is 7.71. The van der Waals surface area contributed by atoms with E-state index in [2.05, 4.69) is 22.5 Å². The van der Waals surface area contributed by atoms with E-state index >= 15 is 0 Å². The van der Waals surface area contributed by atoms with Gasteiger partial charge in [0, 0.05) is 6.54 Å². The second-order valence-corrected chi connectivity index (χ2v) is 3.25. The van der Waals surface area contributed by atoms with Gasteiger partial charge in [0.25, 0.3) is 0 Å². The molecule has 3 nitrogen and oxygen atoms in total. The summed E-state index contributed by atoms with van der Waals surface area (Å²) in [4.78, 5) is 4.27. The minimum Gasteiger partial charge on any atom is -0.331 e. The predicted octanol–water partition coefficient (Wildman–Crippen LogP) is 2.32. The van der Waals surface area contributed by atoms with Crippen molar-refractivity contribution in [3.05, 3.63) is 30.1 Å². The first-order chi connectivity index (χ1) is 6.85. The van der Waals surface area contributed by atoms with Crippen LogP contribution in [0.2, 0.25) is 0 Å². The molecule has 0 aliphatic carbocycles. The van der Waals surface area contributed by atoms with Crippen LogP contribution in [0.4, 0.5) is 0 Å². The van der Waals surface area contributed by atoms with E-state index in [1.807, 2.05) is 18.5 Å². The molecule has 0 fully saturated rings. The van der Waals surface area contributed by atoms with E-state index in [1.54, 1.807) is 6.07 Å². The highest BCUT2D eigenvalue weighted by molar-refractivity contribution is 5.76. The molecule has 1 aromatic heterocycles. The fraction of sp³-hybridized carbons (Fsp3) is 0.273. The first-order valence-electron chi connectivity index (χ1n) is 4.70. The first-order valence-corrected chi connectivity index (χ1v) is 4.70. The van der Waals surface area contributed by atoms with Gasteiger partial charge >= 0.3 is 0 Å². The molecule has 0 N–H and O–H groups in total. The van der Waals surface area contributed by atoms with Crippen LogP contribution in [0, 0.1) is 11.3 Å². The molecule has 0 aliphatic rings. The number of aryl methyl sites for hydroxylation is 1. The third-order valence-corrected chi connectivity index (χ3v) is 2.21. The number of aromatic nitrogens is 2. The van der Waals surface area contributed by atoms with Crippen molar-refractivity contribution in [1.29, 1.82) is 5.26 Å². The average Bonchev–Trinajstić information content (AvgIpc) is 2.61. The van der Waals surface area contributed by atoms with Crippen molar-refractivity contribution < 1.29 is 0 Å². The molecule has 2 rings (SSSR count). The molecule has 0 unspecified atom stereocenters. The van der Waals surface area contributed by atoms with Gasteiger partial charge in [-0.05, 0) is 24.6 Å².